The zero-order chi connectivity index (χ0) is 15.2. The van der Waals surface area contributed by atoms with E-state index in [0.717, 1.165) is 49.3 Å². The van der Waals surface area contributed by atoms with Gasteiger partial charge in [-0.1, -0.05) is 6.92 Å². The lowest BCUT2D eigenvalue weighted by Crippen LogP contribution is -2.20. The average molecular weight is 287 g/mol. The summed E-state index contributed by atoms with van der Waals surface area (Å²) in [7, 11) is 3.81. The highest BCUT2D eigenvalue weighted by molar-refractivity contribution is 5.94. The molecule has 0 fully saturated rings. The lowest BCUT2D eigenvalue weighted by atomic mass is 10.0. The monoisotopic (exact) mass is 287 g/mol. The number of methoxy groups -OCH3 is 1. The van der Waals surface area contributed by atoms with Crippen molar-refractivity contribution in [2.75, 3.05) is 32.1 Å². The second-order valence-electron chi connectivity index (χ2n) is 5.28. The highest BCUT2D eigenvalue weighted by Crippen LogP contribution is 2.32. The maximum Gasteiger partial charge on any atom is 0.121 e. The van der Waals surface area contributed by atoms with Crippen molar-refractivity contribution in [1.82, 2.24) is 4.98 Å². The summed E-state index contributed by atoms with van der Waals surface area (Å²) < 4.78 is 5.46. The molecule has 0 aliphatic rings. The van der Waals surface area contributed by atoms with Gasteiger partial charge in [-0.25, -0.2) is 0 Å². The first-order valence-corrected chi connectivity index (χ1v) is 7.58. The fourth-order valence-electron chi connectivity index (χ4n) is 2.60. The van der Waals surface area contributed by atoms with Gasteiger partial charge in [-0.3, -0.25) is 4.98 Å². The Bertz CT molecular complexity index is 598. The highest BCUT2D eigenvalue weighted by atomic mass is 16.5. The lowest BCUT2D eigenvalue weighted by Gasteiger charge is -2.22. The number of aromatic nitrogens is 1. The Morgan fingerprint density at radius 2 is 2.10 bits per heavy atom. The second-order valence-corrected chi connectivity index (χ2v) is 5.28. The van der Waals surface area contributed by atoms with Crippen LogP contribution in [0.5, 0.6) is 5.75 Å². The van der Waals surface area contributed by atoms with Crippen molar-refractivity contribution in [3.8, 4) is 5.75 Å². The standard InChI is InChI=1S/C17H25N3O/c1-4-13-7-9-19-17-15(13)11-14(21-3)12-16(17)20(2)10-6-5-8-18/h7,9,11-12H,4-6,8,10,18H2,1-3H3. The number of hydrogen-bond donors (Lipinski definition) is 1. The summed E-state index contributed by atoms with van der Waals surface area (Å²) in [6.45, 7) is 3.88. The predicted molar refractivity (Wildman–Crippen MR) is 89.2 cm³/mol. The summed E-state index contributed by atoms with van der Waals surface area (Å²) >= 11 is 0. The van der Waals surface area contributed by atoms with Crippen molar-refractivity contribution in [2.24, 2.45) is 5.73 Å². The van der Waals surface area contributed by atoms with Crippen molar-refractivity contribution in [3.05, 3.63) is 30.0 Å². The molecule has 0 spiro atoms. The number of nitrogens with zero attached hydrogens (tertiary/aromatic N) is 2. The maximum absolute atomic E-state index is 5.58. The molecular weight excluding hydrogens is 262 g/mol. The number of unbranched alkanes of at least 4 members (excludes halogenated alkanes) is 1. The fourth-order valence-corrected chi connectivity index (χ4v) is 2.60. The van der Waals surface area contributed by atoms with Crippen LogP contribution < -0.4 is 15.4 Å². The van der Waals surface area contributed by atoms with Crippen LogP contribution in [0, 0.1) is 0 Å². The van der Waals surface area contributed by atoms with Gasteiger partial charge in [0.25, 0.3) is 0 Å². The van der Waals surface area contributed by atoms with Crippen LogP contribution in [0.1, 0.15) is 25.3 Å². The van der Waals surface area contributed by atoms with Gasteiger partial charge >= 0.3 is 0 Å². The van der Waals surface area contributed by atoms with E-state index in [2.05, 4.69) is 42.1 Å². The Morgan fingerprint density at radius 3 is 2.76 bits per heavy atom. The van der Waals surface area contributed by atoms with Crippen molar-refractivity contribution in [1.29, 1.82) is 0 Å². The molecule has 0 unspecified atom stereocenters. The molecular formula is C17H25N3O. The minimum atomic E-state index is 0.741. The van der Waals surface area contributed by atoms with E-state index in [1.54, 1.807) is 7.11 Å². The van der Waals surface area contributed by atoms with E-state index in [1.807, 2.05) is 6.20 Å². The summed E-state index contributed by atoms with van der Waals surface area (Å²) in [4.78, 5) is 6.84. The second kappa shape index (κ2) is 7.27. The molecule has 0 bridgehead atoms. The van der Waals surface area contributed by atoms with Crippen LogP contribution in [0.2, 0.25) is 0 Å². The number of anilines is 1. The maximum atomic E-state index is 5.58. The van der Waals surface area contributed by atoms with E-state index in [1.165, 1.54) is 10.9 Å². The molecule has 0 saturated heterocycles. The Balaban J connectivity index is 2.45. The van der Waals surface area contributed by atoms with Gasteiger partial charge in [0, 0.05) is 31.2 Å². The van der Waals surface area contributed by atoms with Crippen LogP contribution in [-0.2, 0) is 6.42 Å². The molecule has 2 rings (SSSR count). The number of pyridine rings is 1. The molecule has 4 nitrogen and oxygen atoms in total. The molecule has 21 heavy (non-hydrogen) atoms. The van der Waals surface area contributed by atoms with Crippen LogP contribution >= 0.6 is 0 Å². The summed E-state index contributed by atoms with van der Waals surface area (Å²) in [6.07, 6.45) is 5.01. The van der Waals surface area contributed by atoms with Gasteiger partial charge in [0.05, 0.1) is 18.3 Å². The fraction of sp³-hybridized carbons (Fsp3) is 0.471. The van der Waals surface area contributed by atoms with E-state index in [-0.39, 0.29) is 0 Å². The largest absolute Gasteiger partial charge is 0.497 e. The Hall–Kier alpha value is -1.81. The average Bonchev–Trinajstić information content (AvgIpc) is 2.53. The smallest absolute Gasteiger partial charge is 0.121 e. The molecule has 4 heteroatoms. The molecule has 0 radical (unpaired) electrons. The SMILES string of the molecule is CCc1ccnc2c(N(C)CCCCN)cc(OC)cc12. The first-order valence-electron chi connectivity index (χ1n) is 7.58. The first-order chi connectivity index (χ1) is 10.2. The molecule has 0 amide bonds. The summed E-state index contributed by atoms with van der Waals surface area (Å²) in [5, 5.41) is 1.18. The van der Waals surface area contributed by atoms with E-state index < -0.39 is 0 Å². The Morgan fingerprint density at radius 1 is 1.29 bits per heavy atom. The molecule has 0 aliphatic heterocycles. The molecule has 0 saturated carbocycles. The number of fused-ring (bicyclic) bond motifs is 1. The molecule has 1 aromatic heterocycles. The van der Waals surface area contributed by atoms with Gasteiger partial charge in [-0.05, 0) is 43.5 Å². The van der Waals surface area contributed by atoms with Crippen molar-refractivity contribution in [3.63, 3.8) is 0 Å². The molecule has 1 aromatic carbocycles. The van der Waals surface area contributed by atoms with Crippen molar-refractivity contribution >= 4 is 16.6 Å². The van der Waals surface area contributed by atoms with E-state index in [0.29, 0.717) is 0 Å². The van der Waals surface area contributed by atoms with Gasteiger partial charge in [-0.15, -0.1) is 0 Å². The van der Waals surface area contributed by atoms with Gasteiger partial charge in [-0.2, -0.15) is 0 Å². The Labute approximate surface area is 126 Å². The highest BCUT2D eigenvalue weighted by Gasteiger charge is 2.12. The van der Waals surface area contributed by atoms with Crippen LogP contribution in [0.3, 0.4) is 0 Å². The quantitative estimate of drug-likeness (QED) is 0.795. The van der Waals surface area contributed by atoms with Gasteiger partial charge in [0.15, 0.2) is 0 Å². The van der Waals surface area contributed by atoms with Crippen LogP contribution in [-0.4, -0.2) is 32.2 Å². The minimum Gasteiger partial charge on any atom is -0.497 e. The van der Waals surface area contributed by atoms with Crippen LogP contribution in [0.25, 0.3) is 10.9 Å². The zero-order valence-corrected chi connectivity index (χ0v) is 13.2. The third kappa shape index (κ3) is 3.45. The summed E-state index contributed by atoms with van der Waals surface area (Å²) in [5.74, 6) is 0.880. The van der Waals surface area contributed by atoms with Crippen LogP contribution in [0.4, 0.5) is 5.69 Å². The summed E-state index contributed by atoms with van der Waals surface area (Å²) in [5.41, 5.74) is 9.05. The molecule has 2 aromatic rings. The third-order valence-corrected chi connectivity index (χ3v) is 3.86. The van der Waals surface area contributed by atoms with Gasteiger partial charge in [0.1, 0.15) is 5.75 Å². The zero-order valence-electron chi connectivity index (χ0n) is 13.2. The third-order valence-electron chi connectivity index (χ3n) is 3.86. The molecule has 0 atom stereocenters. The van der Waals surface area contributed by atoms with Gasteiger partial charge in [0.2, 0.25) is 0 Å². The number of hydrogen-bond acceptors (Lipinski definition) is 4. The van der Waals surface area contributed by atoms with E-state index in [9.17, 15) is 0 Å². The van der Waals surface area contributed by atoms with Crippen molar-refractivity contribution < 1.29 is 4.74 Å². The number of nitrogens with two attached hydrogens (primary N) is 1. The normalized spacial score (nSPS) is 10.9. The Kier molecular flexibility index (Phi) is 5.39. The van der Waals surface area contributed by atoms with E-state index >= 15 is 0 Å². The number of aryl methyl sites for hydroxylation is 1. The molecule has 114 valence electrons. The first kappa shape index (κ1) is 15.6. The van der Waals surface area contributed by atoms with E-state index in [4.69, 9.17) is 10.5 Å². The molecule has 2 N–H and O–H groups in total. The molecule has 1 heterocycles. The van der Waals surface area contributed by atoms with Crippen LogP contribution in [0.15, 0.2) is 24.4 Å². The predicted octanol–water partition coefficient (Wildman–Crippen LogP) is 2.98. The molecule has 0 aliphatic carbocycles. The lowest BCUT2D eigenvalue weighted by molar-refractivity contribution is 0.415. The number of ether oxygens (including phenoxy) is 1. The number of rotatable bonds is 7. The topological polar surface area (TPSA) is 51.4 Å². The number of benzene rings is 1. The summed E-state index contributed by atoms with van der Waals surface area (Å²) in [6, 6.07) is 6.23. The minimum absolute atomic E-state index is 0.741. The van der Waals surface area contributed by atoms with Gasteiger partial charge < -0.3 is 15.4 Å². The van der Waals surface area contributed by atoms with Crippen molar-refractivity contribution in [2.45, 2.75) is 26.2 Å².